The minimum absolute atomic E-state index is 0.0285. The van der Waals surface area contributed by atoms with Gasteiger partial charge in [-0.3, -0.25) is 4.79 Å². The van der Waals surface area contributed by atoms with Gasteiger partial charge in [0.1, 0.15) is 11.6 Å². The fourth-order valence-electron chi connectivity index (χ4n) is 2.32. The summed E-state index contributed by atoms with van der Waals surface area (Å²) in [7, 11) is 1.93. The lowest BCUT2D eigenvalue weighted by molar-refractivity contribution is 0.102. The predicted molar refractivity (Wildman–Crippen MR) is 104 cm³/mol. The van der Waals surface area contributed by atoms with Crippen LogP contribution in [0, 0.1) is 25.5 Å². The average molecular weight is 376 g/mol. The van der Waals surface area contributed by atoms with Gasteiger partial charge in [0.05, 0.1) is 22.7 Å². The highest BCUT2D eigenvalue weighted by Crippen LogP contribution is 2.28. The minimum Gasteiger partial charge on any atom is -0.366 e. The van der Waals surface area contributed by atoms with Crippen molar-refractivity contribution in [3.05, 3.63) is 58.7 Å². The summed E-state index contributed by atoms with van der Waals surface area (Å²) < 4.78 is 27.4. The minimum atomic E-state index is -0.652. The first-order valence-electron chi connectivity index (χ1n) is 8.29. The molecule has 0 aliphatic rings. The van der Waals surface area contributed by atoms with Crippen LogP contribution in [-0.2, 0) is 0 Å². The number of hydrogen-bond donors (Lipinski definition) is 0. The third kappa shape index (κ3) is 4.91. The molecule has 2 aromatic carbocycles. The molecule has 138 valence electrons. The van der Waals surface area contributed by atoms with Crippen molar-refractivity contribution in [3.8, 4) is 0 Å². The molecule has 0 bridgehead atoms. The Morgan fingerprint density at radius 3 is 2.46 bits per heavy atom. The topological polar surface area (TPSA) is 32.7 Å². The molecule has 26 heavy (non-hydrogen) atoms. The van der Waals surface area contributed by atoms with Crippen molar-refractivity contribution in [3.63, 3.8) is 0 Å². The first-order valence-corrected chi connectivity index (χ1v) is 9.27. The van der Waals surface area contributed by atoms with E-state index in [1.807, 2.05) is 38.8 Å². The summed E-state index contributed by atoms with van der Waals surface area (Å²) in [5, 5.41) is 0. The number of halogens is 2. The van der Waals surface area contributed by atoms with E-state index in [4.69, 9.17) is 0 Å². The van der Waals surface area contributed by atoms with Crippen LogP contribution in [0.15, 0.2) is 40.2 Å². The molecule has 0 unspecified atom stereocenters. The zero-order valence-electron chi connectivity index (χ0n) is 15.3. The zero-order valence-corrected chi connectivity index (χ0v) is 16.2. The number of nitrogens with zero attached hydrogens (tertiary/aromatic N) is 2. The Kier molecular flexibility index (Phi) is 6.91. The van der Waals surface area contributed by atoms with Gasteiger partial charge in [-0.15, -0.1) is 11.8 Å². The lowest BCUT2D eigenvalue weighted by Crippen LogP contribution is -2.14. The van der Waals surface area contributed by atoms with E-state index in [0.717, 1.165) is 35.1 Å². The van der Waals surface area contributed by atoms with Crippen molar-refractivity contribution in [2.24, 2.45) is 4.99 Å². The molecule has 0 amide bonds. The second kappa shape index (κ2) is 8.94. The summed E-state index contributed by atoms with van der Waals surface area (Å²) in [6.45, 7) is 6.60. The maximum Gasteiger partial charge on any atom is 0.173 e. The summed E-state index contributed by atoms with van der Waals surface area (Å²) in [6.07, 6.45) is 1.75. The van der Waals surface area contributed by atoms with Gasteiger partial charge in [-0.05, 0) is 56.2 Å². The number of carbonyl (C=O) groups excluding carboxylic acids is 1. The lowest BCUT2D eigenvalue weighted by atomic mass is 10.0. The van der Waals surface area contributed by atoms with E-state index in [2.05, 4.69) is 4.99 Å². The highest BCUT2D eigenvalue weighted by atomic mass is 32.2. The van der Waals surface area contributed by atoms with Gasteiger partial charge in [0.2, 0.25) is 0 Å². The van der Waals surface area contributed by atoms with Crippen LogP contribution >= 0.6 is 11.8 Å². The third-order valence-corrected chi connectivity index (χ3v) is 5.09. The van der Waals surface area contributed by atoms with Crippen molar-refractivity contribution < 1.29 is 13.6 Å². The van der Waals surface area contributed by atoms with E-state index in [0.29, 0.717) is 5.56 Å². The Morgan fingerprint density at radius 1 is 1.19 bits per heavy atom. The van der Waals surface area contributed by atoms with Gasteiger partial charge < -0.3 is 4.90 Å². The highest BCUT2D eigenvalue weighted by molar-refractivity contribution is 8.00. The van der Waals surface area contributed by atoms with Gasteiger partial charge in [-0.25, -0.2) is 13.8 Å². The maximum atomic E-state index is 13.7. The van der Waals surface area contributed by atoms with Crippen LogP contribution in [0.5, 0.6) is 0 Å². The number of thioether (sulfide) groups is 1. The van der Waals surface area contributed by atoms with Crippen LogP contribution in [0.1, 0.15) is 28.4 Å². The molecule has 0 radical (unpaired) electrons. The van der Waals surface area contributed by atoms with E-state index in [1.165, 1.54) is 18.2 Å². The Morgan fingerprint density at radius 2 is 1.85 bits per heavy atom. The second-order valence-electron chi connectivity index (χ2n) is 6.03. The van der Waals surface area contributed by atoms with E-state index >= 15 is 0 Å². The Hall–Kier alpha value is -2.21. The number of ketones is 1. The van der Waals surface area contributed by atoms with Crippen LogP contribution in [0.2, 0.25) is 0 Å². The first kappa shape index (κ1) is 20.1. The van der Waals surface area contributed by atoms with E-state index < -0.39 is 11.6 Å². The maximum absolute atomic E-state index is 13.7. The van der Waals surface area contributed by atoms with Gasteiger partial charge in [-0.2, -0.15) is 0 Å². The predicted octanol–water partition coefficient (Wildman–Crippen LogP) is 5.17. The summed E-state index contributed by atoms with van der Waals surface area (Å²) in [5.74, 6) is -1.50. The molecule has 0 fully saturated rings. The Labute approximate surface area is 157 Å². The zero-order chi connectivity index (χ0) is 19.3. The molecule has 0 heterocycles. The number of aryl methyl sites for hydroxylation is 2. The smallest absolute Gasteiger partial charge is 0.173 e. The lowest BCUT2D eigenvalue weighted by Gasteiger charge is -2.11. The van der Waals surface area contributed by atoms with Gasteiger partial charge in [-0.1, -0.05) is 6.07 Å². The molecule has 0 aliphatic carbocycles. The third-order valence-electron chi connectivity index (χ3n) is 4.00. The molecule has 2 aromatic rings. The van der Waals surface area contributed by atoms with Crippen LogP contribution in [0.25, 0.3) is 0 Å². The van der Waals surface area contributed by atoms with Crippen LogP contribution in [0.3, 0.4) is 0 Å². The standard InChI is InChI=1S/C20H22F2N2OS/c1-5-24(4)12-23-18-10-13(2)15(9-14(18)3)19(25)11-26-20-16(21)7-6-8-17(20)22/h6-10,12H,5,11H2,1-4H3/b23-12-. The van der Waals surface area contributed by atoms with Crippen LogP contribution in [-0.4, -0.2) is 36.4 Å². The largest absolute Gasteiger partial charge is 0.366 e. The van der Waals surface area contributed by atoms with Gasteiger partial charge >= 0.3 is 0 Å². The van der Waals surface area contributed by atoms with Crippen molar-refractivity contribution >= 4 is 29.6 Å². The Bertz CT molecular complexity index is 817. The molecular weight excluding hydrogens is 354 g/mol. The molecule has 0 N–H and O–H groups in total. The molecule has 0 saturated carbocycles. The molecule has 2 rings (SSSR count). The van der Waals surface area contributed by atoms with Crippen LogP contribution < -0.4 is 0 Å². The molecule has 0 spiro atoms. The number of hydrogen-bond acceptors (Lipinski definition) is 3. The molecule has 0 aromatic heterocycles. The van der Waals surface area contributed by atoms with E-state index in [1.54, 1.807) is 12.4 Å². The van der Waals surface area contributed by atoms with Crippen molar-refractivity contribution in [2.45, 2.75) is 25.7 Å². The number of rotatable bonds is 7. The summed E-state index contributed by atoms with van der Waals surface area (Å²) in [4.78, 5) is 18.8. The van der Waals surface area contributed by atoms with Crippen molar-refractivity contribution in [2.75, 3.05) is 19.3 Å². The van der Waals surface area contributed by atoms with Gasteiger partial charge in [0, 0.05) is 19.2 Å². The first-order chi connectivity index (χ1) is 12.3. The normalized spacial score (nSPS) is 11.2. The summed E-state index contributed by atoms with van der Waals surface area (Å²) in [6, 6.07) is 7.32. The summed E-state index contributed by atoms with van der Waals surface area (Å²) >= 11 is 0.877. The molecule has 6 heteroatoms. The molecular formula is C20H22F2N2OS. The number of Topliss-reactive ketones (excluding diaryl/α,β-unsaturated/α-hetero) is 1. The quantitative estimate of drug-likeness (QED) is 0.289. The molecule has 3 nitrogen and oxygen atoms in total. The Balaban J connectivity index is 2.17. The highest BCUT2D eigenvalue weighted by Gasteiger charge is 2.15. The average Bonchev–Trinajstić information content (AvgIpc) is 2.61. The monoisotopic (exact) mass is 376 g/mol. The van der Waals surface area contributed by atoms with Crippen molar-refractivity contribution in [1.29, 1.82) is 0 Å². The SMILES string of the molecule is CCN(C)/C=N\c1cc(C)c(C(=O)CSc2c(F)cccc2F)cc1C. The fourth-order valence-corrected chi connectivity index (χ4v) is 3.16. The van der Waals surface area contributed by atoms with E-state index in [9.17, 15) is 13.6 Å². The molecule has 0 atom stereocenters. The van der Waals surface area contributed by atoms with Crippen LogP contribution in [0.4, 0.5) is 14.5 Å². The number of aliphatic imine (C=N–C) groups is 1. The van der Waals surface area contributed by atoms with E-state index in [-0.39, 0.29) is 16.4 Å². The van der Waals surface area contributed by atoms with Gasteiger partial charge in [0.15, 0.2) is 5.78 Å². The summed E-state index contributed by atoms with van der Waals surface area (Å²) in [5.41, 5.74) is 3.02. The second-order valence-corrected chi connectivity index (χ2v) is 7.02. The number of carbonyl (C=O) groups is 1. The van der Waals surface area contributed by atoms with Crippen molar-refractivity contribution in [1.82, 2.24) is 4.90 Å². The van der Waals surface area contributed by atoms with Gasteiger partial charge in [0.25, 0.3) is 0 Å². The fraction of sp³-hybridized carbons (Fsp3) is 0.300. The molecule has 0 saturated heterocycles. The number of benzene rings is 2. The molecule has 0 aliphatic heterocycles.